The molecule has 0 amide bonds. The number of aliphatic hydroxyl groups excluding tert-OH is 1. The van der Waals surface area contributed by atoms with Crippen LogP contribution in [-0.2, 0) is 0 Å². The molecule has 20 heavy (non-hydrogen) atoms. The number of hydrogen-bond acceptors (Lipinski definition) is 3. The molecule has 1 aliphatic carbocycles. The maximum Gasteiger partial charge on any atom is 0.126 e. The van der Waals surface area contributed by atoms with Gasteiger partial charge in [-0.05, 0) is 37.7 Å². The number of halogens is 1. The van der Waals surface area contributed by atoms with E-state index < -0.39 is 0 Å². The van der Waals surface area contributed by atoms with Crippen molar-refractivity contribution in [3.05, 3.63) is 29.6 Å². The zero-order valence-electron chi connectivity index (χ0n) is 11.6. The smallest absolute Gasteiger partial charge is 0.126 e. The molecule has 0 unspecified atom stereocenters. The van der Waals surface area contributed by atoms with E-state index in [4.69, 9.17) is 4.74 Å². The minimum absolute atomic E-state index is 0.169. The Kier molecular flexibility index (Phi) is 4.22. The van der Waals surface area contributed by atoms with E-state index in [1.54, 1.807) is 0 Å². The van der Waals surface area contributed by atoms with E-state index in [0.717, 1.165) is 44.2 Å². The van der Waals surface area contributed by atoms with Crippen molar-refractivity contribution in [1.29, 1.82) is 0 Å². The molecule has 3 atom stereocenters. The topological polar surface area (TPSA) is 41.5 Å². The van der Waals surface area contributed by atoms with Crippen LogP contribution in [0.15, 0.2) is 18.2 Å². The molecule has 0 spiro atoms. The number of aliphatic hydroxyl groups is 1. The van der Waals surface area contributed by atoms with Gasteiger partial charge in [-0.1, -0.05) is 12.5 Å². The van der Waals surface area contributed by atoms with Crippen LogP contribution in [0.2, 0.25) is 0 Å². The molecule has 3 nitrogen and oxygen atoms in total. The third-order valence-electron chi connectivity index (χ3n) is 4.49. The van der Waals surface area contributed by atoms with Gasteiger partial charge in [-0.3, -0.25) is 0 Å². The van der Waals surface area contributed by atoms with Gasteiger partial charge in [-0.15, -0.1) is 0 Å². The van der Waals surface area contributed by atoms with E-state index >= 15 is 0 Å². The summed E-state index contributed by atoms with van der Waals surface area (Å²) >= 11 is 0. The highest BCUT2D eigenvalue weighted by Crippen LogP contribution is 2.33. The summed E-state index contributed by atoms with van der Waals surface area (Å²) in [5.41, 5.74) is 1.04. The molecule has 0 bridgehead atoms. The second-order valence-corrected chi connectivity index (χ2v) is 5.89. The van der Waals surface area contributed by atoms with Crippen LogP contribution in [0.4, 0.5) is 4.39 Å². The first-order chi connectivity index (χ1) is 9.74. The fourth-order valence-electron chi connectivity index (χ4n) is 3.31. The van der Waals surface area contributed by atoms with Crippen LogP contribution in [0.25, 0.3) is 0 Å². The predicted molar refractivity (Wildman–Crippen MR) is 75.2 cm³/mol. The fraction of sp³-hybridized carbons (Fsp3) is 0.625. The molecule has 0 saturated heterocycles. The van der Waals surface area contributed by atoms with Gasteiger partial charge in [-0.25, -0.2) is 4.39 Å². The lowest BCUT2D eigenvalue weighted by Crippen LogP contribution is -2.30. The Labute approximate surface area is 119 Å². The van der Waals surface area contributed by atoms with E-state index in [1.165, 1.54) is 12.1 Å². The van der Waals surface area contributed by atoms with Crippen molar-refractivity contribution in [2.45, 2.75) is 44.2 Å². The average Bonchev–Trinajstić information content (AvgIpc) is 2.73. The van der Waals surface area contributed by atoms with Crippen molar-refractivity contribution < 1.29 is 14.2 Å². The van der Waals surface area contributed by atoms with Gasteiger partial charge in [-0.2, -0.15) is 0 Å². The van der Waals surface area contributed by atoms with Gasteiger partial charge in [0.2, 0.25) is 0 Å². The van der Waals surface area contributed by atoms with Gasteiger partial charge in [0, 0.05) is 24.2 Å². The first-order valence-corrected chi connectivity index (χ1v) is 7.58. The molecule has 1 aromatic rings. The molecule has 1 saturated carbocycles. The van der Waals surface area contributed by atoms with Gasteiger partial charge in [0.05, 0.1) is 12.7 Å². The van der Waals surface area contributed by atoms with Gasteiger partial charge in [0.25, 0.3) is 0 Å². The number of hydrogen-bond donors (Lipinski definition) is 2. The van der Waals surface area contributed by atoms with Gasteiger partial charge in [0.1, 0.15) is 11.6 Å². The van der Waals surface area contributed by atoms with Crippen LogP contribution < -0.4 is 10.1 Å². The standard InChI is InChI=1S/C16H22FNO2/c17-12-6-7-13-14(4-2-8-20-16(13)9-12)18-10-11-3-1-5-15(11)19/h6-7,9,11,14-15,18-19H,1-5,8,10H2/t11-,14+,15-/m1/s1. The Balaban J connectivity index is 1.70. The van der Waals surface area contributed by atoms with Crippen molar-refractivity contribution >= 4 is 0 Å². The summed E-state index contributed by atoms with van der Waals surface area (Å²) in [5, 5.41) is 13.4. The molecular weight excluding hydrogens is 257 g/mol. The van der Waals surface area contributed by atoms with Crippen LogP contribution in [-0.4, -0.2) is 24.4 Å². The maximum atomic E-state index is 13.3. The second-order valence-electron chi connectivity index (χ2n) is 5.89. The molecule has 4 heteroatoms. The van der Waals surface area contributed by atoms with E-state index in [-0.39, 0.29) is 18.0 Å². The molecule has 1 heterocycles. The van der Waals surface area contributed by atoms with Crippen LogP contribution in [0.3, 0.4) is 0 Å². The molecule has 1 aromatic carbocycles. The Hall–Kier alpha value is -1.13. The zero-order chi connectivity index (χ0) is 13.9. The normalized spacial score (nSPS) is 29.6. The molecule has 0 radical (unpaired) electrons. The Morgan fingerprint density at radius 3 is 2.95 bits per heavy atom. The van der Waals surface area contributed by atoms with Crippen molar-refractivity contribution in [2.24, 2.45) is 5.92 Å². The minimum atomic E-state index is -0.254. The van der Waals surface area contributed by atoms with Crippen molar-refractivity contribution in [1.82, 2.24) is 5.32 Å². The van der Waals surface area contributed by atoms with E-state index in [9.17, 15) is 9.50 Å². The van der Waals surface area contributed by atoms with E-state index in [0.29, 0.717) is 18.3 Å². The minimum Gasteiger partial charge on any atom is -0.493 e. The number of nitrogens with one attached hydrogen (secondary N) is 1. The quantitative estimate of drug-likeness (QED) is 0.894. The van der Waals surface area contributed by atoms with Crippen molar-refractivity contribution in [3.8, 4) is 5.75 Å². The van der Waals surface area contributed by atoms with Crippen LogP contribution in [0.5, 0.6) is 5.75 Å². The second kappa shape index (κ2) is 6.10. The van der Waals surface area contributed by atoms with Gasteiger partial charge in [0.15, 0.2) is 0 Å². The number of rotatable bonds is 3. The predicted octanol–water partition coefficient (Wildman–Crippen LogP) is 2.79. The molecule has 2 N–H and O–H groups in total. The Bertz CT molecular complexity index is 466. The Morgan fingerprint density at radius 2 is 2.15 bits per heavy atom. The molecule has 1 fully saturated rings. The number of fused-ring (bicyclic) bond motifs is 1. The number of ether oxygens (including phenoxy) is 1. The third kappa shape index (κ3) is 2.96. The third-order valence-corrected chi connectivity index (χ3v) is 4.49. The SMILES string of the molecule is O[C@@H]1CCC[C@@H]1CN[C@H]1CCCOc2cc(F)ccc21. The fourth-order valence-corrected chi connectivity index (χ4v) is 3.31. The first-order valence-electron chi connectivity index (χ1n) is 7.58. The lowest BCUT2D eigenvalue weighted by molar-refractivity contribution is 0.129. The highest BCUT2D eigenvalue weighted by atomic mass is 19.1. The highest BCUT2D eigenvalue weighted by Gasteiger charge is 2.27. The molecule has 3 rings (SSSR count). The first kappa shape index (κ1) is 13.8. The summed E-state index contributed by atoms with van der Waals surface area (Å²) < 4.78 is 18.9. The van der Waals surface area contributed by atoms with E-state index in [1.807, 2.05) is 6.07 Å². The van der Waals surface area contributed by atoms with Crippen molar-refractivity contribution in [2.75, 3.05) is 13.2 Å². The highest BCUT2D eigenvalue weighted by molar-refractivity contribution is 5.37. The summed E-state index contributed by atoms with van der Waals surface area (Å²) in [6.07, 6.45) is 4.90. The summed E-state index contributed by atoms with van der Waals surface area (Å²) in [4.78, 5) is 0. The lowest BCUT2D eigenvalue weighted by Gasteiger charge is -2.22. The summed E-state index contributed by atoms with van der Waals surface area (Å²) in [6.45, 7) is 1.46. The maximum absolute atomic E-state index is 13.3. The Morgan fingerprint density at radius 1 is 1.25 bits per heavy atom. The molecule has 1 aliphatic heterocycles. The molecule has 2 aliphatic rings. The lowest BCUT2D eigenvalue weighted by atomic mass is 10.00. The van der Waals surface area contributed by atoms with Crippen LogP contribution >= 0.6 is 0 Å². The zero-order valence-corrected chi connectivity index (χ0v) is 11.6. The van der Waals surface area contributed by atoms with Gasteiger partial charge < -0.3 is 15.2 Å². The molecule has 0 aromatic heterocycles. The summed E-state index contributed by atoms with van der Waals surface area (Å²) in [5.74, 6) is 0.755. The number of benzene rings is 1. The van der Waals surface area contributed by atoms with Gasteiger partial charge >= 0.3 is 0 Å². The monoisotopic (exact) mass is 279 g/mol. The largest absolute Gasteiger partial charge is 0.493 e. The average molecular weight is 279 g/mol. The van der Waals surface area contributed by atoms with Crippen molar-refractivity contribution in [3.63, 3.8) is 0 Å². The van der Waals surface area contributed by atoms with Crippen LogP contribution in [0.1, 0.15) is 43.7 Å². The molecular formula is C16H22FNO2. The van der Waals surface area contributed by atoms with E-state index in [2.05, 4.69) is 5.32 Å². The summed E-state index contributed by atoms with van der Waals surface area (Å²) in [6, 6.07) is 4.98. The molecule has 110 valence electrons. The van der Waals surface area contributed by atoms with Crippen LogP contribution in [0, 0.1) is 11.7 Å². The summed E-state index contributed by atoms with van der Waals surface area (Å²) in [7, 11) is 0.